The molecule has 1 aromatic rings. The Morgan fingerprint density at radius 2 is 2.14 bits per heavy atom. The number of nitrogens with two attached hydrogens (primary N) is 1. The van der Waals surface area contributed by atoms with Crippen LogP contribution in [0.4, 0.5) is 5.69 Å². The van der Waals surface area contributed by atoms with Gasteiger partial charge in [-0.15, -0.1) is 0 Å². The van der Waals surface area contributed by atoms with E-state index in [1.807, 2.05) is 6.20 Å². The van der Waals surface area contributed by atoms with Crippen LogP contribution >= 0.6 is 15.9 Å². The van der Waals surface area contributed by atoms with Crippen molar-refractivity contribution in [3.63, 3.8) is 0 Å². The molecule has 5 nitrogen and oxygen atoms in total. The van der Waals surface area contributed by atoms with E-state index in [4.69, 9.17) is 5.73 Å². The van der Waals surface area contributed by atoms with Gasteiger partial charge in [0.05, 0.1) is 11.9 Å². The van der Waals surface area contributed by atoms with Crippen molar-refractivity contribution >= 4 is 21.6 Å². The molecule has 1 saturated carbocycles. The van der Waals surface area contributed by atoms with Crippen LogP contribution in [0.5, 0.6) is 0 Å². The summed E-state index contributed by atoms with van der Waals surface area (Å²) in [4.78, 5) is 14.8. The summed E-state index contributed by atoms with van der Waals surface area (Å²) in [6.07, 6.45) is 8.81. The summed E-state index contributed by atoms with van der Waals surface area (Å²) in [5.74, 6) is 0.646. The van der Waals surface area contributed by atoms with Crippen molar-refractivity contribution in [1.82, 2.24) is 9.78 Å². The highest BCUT2D eigenvalue weighted by Crippen LogP contribution is 2.32. The summed E-state index contributed by atoms with van der Waals surface area (Å²) in [6, 6.07) is 0.431. The third kappa shape index (κ3) is 3.31. The van der Waals surface area contributed by atoms with Gasteiger partial charge in [-0.1, -0.05) is 0 Å². The molecule has 1 aromatic heterocycles. The maximum atomic E-state index is 12.5. The Morgan fingerprint density at radius 3 is 2.86 bits per heavy atom. The molecule has 0 aromatic carbocycles. The molecule has 1 unspecified atom stereocenters. The fourth-order valence-electron chi connectivity index (χ4n) is 3.14. The predicted octanol–water partition coefficient (Wildman–Crippen LogP) is 2.12. The topological polar surface area (TPSA) is 64.2 Å². The Balaban J connectivity index is 1.86. The van der Waals surface area contributed by atoms with Crippen LogP contribution in [0.1, 0.15) is 38.5 Å². The number of aromatic nitrogens is 2. The van der Waals surface area contributed by atoms with E-state index in [9.17, 15) is 4.79 Å². The molecule has 21 heavy (non-hydrogen) atoms. The molecule has 1 aliphatic carbocycles. The molecule has 1 saturated heterocycles. The first-order chi connectivity index (χ1) is 10.2. The lowest BCUT2D eigenvalue weighted by Crippen LogP contribution is -2.42. The minimum absolute atomic E-state index is 0.00327. The standard InChI is InChI=1S/C15H23BrN4O/c16-14-13(19-8-2-1-3-12(19)6-7-17)9-18-20(15(14)21)10-11-4-5-11/h9,11-12H,1-8,10,17H2. The van der Waals surface area contributed by atoms with Gasteiger partial charge in [0.15, 0.2) is 0 Å². The summed E-state index contributed by atoms with van der Waals surface area (Å²) in [5, 5.41) is 4.39. The number of nitrogens with zero attached hydrogens (tertiary/aromatic N) is 3. The van der Waals surface area contributed by atoms with E-state index >= 15 is 0 Å². The normalized spacial score (nSPS) is 22.6. The average molecular weight is 355 g/mol. The highest BCUT2D eigenvalue weighted by Gasteiger charge is 2.27. The second-order valence-electron chi connectivity index (χ2n) is 6.19. The van der Waals surface area contributed by atoms with Crippen LogP contribution in [-0.2, 0) is 6.54 Å². The Kier molecular flexibility index (Phi) is 4.64. The fourth-order valence-corrected chi connectivity index (χ4v) is 3.68. The van der Waals surface area contributed by atoms with Gasteiger partial charge in [-0.3, -0.25) is 4.79 Å². The lowest BCUT2D eigenvalue weighted by Gasteiger charge is -2.37. The van der Waals surface area contributed by atoms with Gasteiger partial charge in [-0.25, -0.2) is 4.68 Å². The number of halogens is 1. The Bertz CT molecular complexity index is 553. The van der Waals surface area contributed by atoms with E-state index in [0.717, 1.165) is 31.6 Å². The zero-order valence-corrected chi connectivity index (χ0v) is 13.9. The molecule has 1 atom stereocenters. The van der Waals surface area contributed by atoms with Gasteiger partial charge in [0.2, 0.25) is 0 Å². The van der Waals surface area contributed by atoms with E-state index in [2.05, 4.69) is 25.9 Å². The molecular weight excluding hydrogens is 332 g/mol. The van der Waals surface area contributed by atoms with Crippen molar-refractivity contribution in [3.8, 4) is 0 Å². The molecule has 2 N–H and O–H groups in total. The molecule has 0 bridgehead atoms. The monoisotopic (exact) mass is 354 g/mol. The maximum absolute atomic E-state index is 12.5. The van der Waals surface area contributed by atoms with Gasteiger partial charge in [-0.2, -0.15) is 5.10 Å². The molecule has 0 amide bonds. The van der Waals surface area contributed by atoms with E-state index in [0.29, 0.717) is 23.0 Å². The van der Waals surface area contributed by atoms with Gasteiger partial charge < -0.3 is 10.6 Å². The largest absolute Gasteiger partial charge is 0.366 e. The summed E-state index contributed by atoms with van der Waals surface area (Å²) in [6.45, 7) is 2.42. The van der Waals surface area contributed by atoms with Crippen LogP contribution in [-0.4, -0.2) is 28.9 Å². The molecule has 6 heteroatoms. The van der Waals surface area contributed by atoms with Gasteiger partial charge >= 0.3 is 0 Å². The van der Waals surface area contributed by atoms with E-state index in [-0.39, 0.29) is 5.56 Å². The first kappa shape index (κ1) is 15.0. The lowest BCUT2D eigenvalue weighted by molar-refractivity contribution is 0.438. The number of piperidine rings is 1. The summed E-state index contributed by atoms with van der Waals surface area (Å²) >= 11 is 3.51. The number of hydrogen-bond donors (Lipinski definition) is 1. The minimum atomic E-state index is -0.00327. The van der Waals surface area contributed by atoms with Gasteiger partial charge in [0.1, 0.15) is 4.47 Å². The molecule has 1 aliphatic heterocycles. The smallest absolute Gasteiger partial charge is 0.283 e. The number of rotatable bonds is 5. The highest BCUT2D eigenvalue weighted by molar-refractivity contribution is 9.10. The molecule has 0 radical (unpaired) electrons. The van der Waals surface area contributed by atoms with E-state index < -0.39 is 0 Å². The van der Waals surface area contributed by atoms with Gasteiger partial charge in [0.25, 0.3) is 5.56 Å². The fraction of sp³-hybridized carbons (Fsp3) is 0.733. The summed E-state index contributed by atoms with van der Waals surface area (Å²) < 4.78 is 2.26. The van der Waals surface area contributed by atoms with Crippen molar-refractivity contribution in [2.24, 2.45) is 11.7 Å². The molecule has 0 spiro atoms. The van der Waals surface area contributed by atoms with Crippen molar-refractivity contribution in [3.05, 3.63) is 21.0 Å². The van der Waals surface area contributed by atoms with Gasteiger partial charge in [0, 0.05) is 19.1 Å². The van der Waals surface area contributed by atoms with Crippen LogP contribution in [0, 0.1) is 5.92 Å². The average Bonchev–Trinajstić information content (AvgIpc) is 3.30. The van der Waals surface area contributed by atoms with E-state index in [1.54, 1.807) is 4.68 Å². The van der Waals surface area contributed by atoms with Crippen LogP contribution in [0.3, 0.4) is 0 Å². The molecule has 2 aliphatic rings. The van der Waals surface area contributed by atoms with Crippen LogP contribution in [0.25, 0.3) is 0 Å². The number of hydrogen-bond acceptors (Lipinski definition) is 4. The van der Waals surface area contributed by atoms with Crippen molar-refractivity contribution < 1.29 is 0 Å². The lowest BCUT2D eigenvalue weighted by atomic mass is 9.99. The van der Waals surface area contributed by atoms with Crippen molar-refractivity contribution in [1.29, 1.82) is 0 Å². The second-order valence-corrected chi connectivity index (χ2v) is 6.99. The number of anilines is 1. The first-order valence-corrected chi connectivity index (χ1v) is 8.72. The van der Waals surface area contributed by atoms with Crippen LogP contribution in [0.2, 0.25) is 0 Å². The van der Waals surface area contributed by atoms with Crippen molar-refractivity contribution in [2.75, 3.05) is 18.0 Å². The quantitative estimate of drug-likeness (QED) is 0.879. The van der Waals surface area contributed by atoms with Gasteiger partial charge in [-0.05, 0) is 66.9 Å². The Labute approximate surface area is 133 Å². The minimum Gasteiger partial charge on any atom is -0.366 e. The van der Waals surface area contributed by atoms with Crippen LogP contribution in [0.15, 0.2) is 15.5 Å². The molecule has 3 rings (SSSR count). The zero-order valence-electron chi connectivity index (χ0n) is 12.3. The maximum Gasteiger partial charge on any atom is 0.283 e. The Hall–Kier alpha value is -0.880. The van der Waals surface area contributed by atoms with E-state index in [1.165, 1.54) is 25.7 Å². The predicted molar refractivity (Wildman–Crippen MR) is 87.6 cm³/mol. The summed E-state index contributed by atoms with van der Waals surface area (Å²) in [5.41, 5.74) is 6.67. The molecule has 116 valence electrons. The van der Waals surface area contributed by atoms with Crippen LogP contribution < -0.4 is 16.2 Å². The SMILES string of the molecule is NCCC1CCCCN1c1cnn(CC2CC2)c(=O)c1Br. The molecule has 2 fully saturated rings. The summed E-state index contributed by atoms with van der Waals surface area (Å²) in [7, 11) is 0. The molecule has 2 heterocycles. The first-order valence-electron chi connectivity index (χ1n) is 7.93. The zero-order chi connectivity index (χ0) is 14.8. The highest BCUT2D eigenvalue weighted by atomic mass is 79.9. The third-order valence-corrected chi connectivity index (χ3v) is 5.28. The molecular formula is C15H23BrN4O. The van der Waals surface area contributed by atoms with Crippen molar-refractivity contribution in [2.45, 2.75) is 51.1 Å². The third-order valence-electron chi connectivity index (χ3n) is 4.53. The Morgan fingerprint density at radius 1 is 1.33 bits per heavy atom. The second kappa shape index (κ2) is 6.48.